The van der Waals surface area contributed by atoms with Gasteiger partial charge in [-0.05, 0) is 6.92 Å². The lowest BCUT2D eigenvalue weighted by atomic mass is 9.95. The third-order valence-corrected chi connectivity index (χ3v) is 3.25. The molecule has 0 aliphatic rings. The molecule has 0 aliphatic heterocycles. The van der Waals surface area contributed by atoms with Crippen LogP contribution in [-0.2, 0) is 11.3 Å². The fourth-order valence-corrected chi connectivity index (χ4v) is 2.05. The number of rotatable bonds is 3. The summed E-state index contributed by atoms with van der Waals surface area (Å²) in [7, 11) is 1.63. The minimum atomic E-state index is -0.413. The Morgan fingerprint density at radius 3 is 2.75 bits per heavy atom. The zero-order valence-corrected chi connectivity index (χ0v) is 12.7. The molecule has 0 unspecified atom stereocenters. The van der Waals surface area contributed by atoms with E-state index in [0.29, 0.717) is 6.54 Å². The summed E-state index contributed by atoms with van der Waals surface area (Å²) < 4.78 is 7.40. The van der Waals surface area contributed by atoms with Crippen LogP contribution in [0.1, 0.15) is 32.0 Å². The summed E-state index contributed by atoms with van der Waals surface area (Å²) in [5.41, 5.74) is 2.33. The van der Waals surface area contributed by atoms with E-state index >= 15 is 0 Å². The molecule has 0 aromatic carbocycles. The van der Waals surface area contributed by atoms with E-state index < -0.39 is 5.41 Å². The van der Waals surface area contributed by atoms with Gasteiger partial charge in [0.2, 0.25) is 5.91 Å². The number of hydrogen-bond acceptors (Lipinski definition) is 3. The maximum atomic E-state index is 12.0. The van der Waals surface area contributed by atoms with Crippen LogP contribution in [0.15, 0.2) is 18.5 Å². The molecule has 5 nitrogen and oxygen atoms in total. The Hall–Kier alpha value is -2.04. The molecular weight excluding hydrogens is 254 g/mol. The Bertz CT molecular complexity index is 638. The van der Waals surface area contributed by atoms with E-state index in [0.717, 1.165) is 22.7 Å². The fraction of sp³-hybridized carbons (Fsp3) is 0.467. The van der Waals surface area contributed by atoms with Crippen molar-refractivity contribution >= 4 is 11.6 Å². The third kappa shape index (κ3) is 2.61. The van der Waals surface area contributed by atoms with Crippen molar-refractivity contribution in [2.24, 2.45) is 5.41 Å². The number of imidazole rings is 1. The number of aromatic nitrogens is 2. The van der Waals surface area contributed by atoms with Crippen LogP contribution in [0.3, 0.4) is 0 Å². The lowest BCUT2D eigenvalue weighted by Crippen LogP contribution is -2.34. The minimum Gasteiger partial charge on any atom is -0.496 e. The zero-order valence-electron chi connectivity index (χ0n) is 12.7. The lowest BCUT2D eigenvalue weighted by molar-refractivity contribution is -0.128. The fourth-order valence-electron chi connectivity index (χ4n) is 2.05. The number of methoxy groups -OCH3 is 1. The van der Waals surface area contributed by atoms with Crippen molar-refractivity contribution in [3.05, 3.63) is 29.7 Å². The number of carbonyl (C=O) groups excluding carboxylic acids is 1. The first kappa shape index (κ1) is 14.4. The van der Waals surface area contributed by atoms with Gasteiger partial charge in [0, 0.05) is 29.6 Å². The molecule has 0 spiro atoms. The molecule has 0 bridgehead atoms. The van der Waals surface area contributed by atoms with Crippen LogP contribution in [0.5, 0.6) is 5.75 Å². The molecule has 1 N–H and O–H groups in total. The van der Waals surface area contributed by atoms with E-state index in [2.05, 4.69) is 10.3 Å². The van der Waals surface area contributed by atoms with Crippen molar-refractivity contribution in [3.8, 4) is 5.75 Å². The Labute approximate surface area is 119 Å². The molecule has 0 fully saturated rings. The summed E-state index contributed by atoms with van der Waals surface area (Å²) in [6, 6.07) is 1.95. The van der Waals surface area contributed by atoms with Gasteiger partial charge in [-0.25, -0.2) is 4.98 Å². The first-order valence-electron chi connectivity index (χ1n) is 6.62. The number of carbonyl (C=O) groups is 1. The quantitative estimate of drug-likeness (QED) is 0.935. The van der Waals surface area contributed by atoms with Crippen molar-refractivity contribution in [3.63, 3.8) is 0 Å². The molecule has 1 amide bonds. The highest BCUT2D eigenvalue weighted by Crippen LogP contribution is 2.25. The number of amides is 1. The molecule has 0 aliphatic carbocycles. The van der Waals surface area contributed by atoms with Crippen LogP contribution in [0.4, 0.5) is 0 Å². The van der Waals surface area contributed by atoms with E-state index in [-0.39, 0.29) is 5.91 Å². The predicted molar refractivity (Wildman–Crippen MR) is 77.8 cm³/mol. The third-order valence-electron chi connectivity index (χ3n) is 3.25. The van der Waals surface area contributed by atoms with Gasteiger partial charge in [0.05, 0.1) is 19.2 Å². The van der Waals surface area contributed by atoms with Crippen molar-refractivity contribution in [2.75, 3.05) is 7.11 Å². The summed E-state index contributed by atoms with van der Waals surface area (Å²) in [5.74, 6) is 0.750. The average Bonchev–Trinajstić information content (AvgIpc) is 2.85. The number of hydrogen-bond donors (Lipinski definition) is 1. The van der Waals surface area contributed by atoms with Crippen LogP contribution < -0.4 is 10.1 Å². The second-order valence-corrected chi connectivity index (χ2v) is 5.89. The van der Waals surface area contributed by atoms with Gasteiger partial charge in [0.25, 0.3) is 0 Å². The summed E-state index contributed by atoms with van der Waals surface area (Å²) in [5, 5.41) is 2.94. The summed E-state index contributed by atoms with van der Waals surface area (Å²) in [6.07, 6.45) is 3.65. The molecule has 5 heteroatoms. The normalized spacial score (nSPS) is 11.7. The van der Waals surface area contributed by atoms with Crippen molar-refractivity contribution in [1.82, 2.24) is 14.7 Å². The summed E-state index contributed by atoms with van der Waals surface area (Å²) in [6.45, 7) is 8.06. The molecule has 0 saturated carbocycles. The Kier molecular flexibility index (Phi) is 3.70. The number of fused-ring (bicyclic) bond motifs is 1. The zero-order chi connectivity index (χ0) is 14.9. The predicted octanol–water partition coefficient (Wildman–Crippen LogP) is 2.31. The first-order valence-corrected chi connectivity index (χ1v) is 6.62. The number of aryl methyl sites for hydroxylation is 1. The number of pyridine rings is 1. The van der Waals surface area contributed by atoms with Crippen LogP contribution in [0, 0.1) is 12.3 Å². The molecule has 108 valence electrons. The van der Waals surface area contributed by atoms with Crippen LogP contribution in [0.25, 0.3) is 5.65 Å². The maximum absolute atomic E-state index is 12.0. The van der Waals surface area contributed by atoms with Gasteiger partial charge in [0.15, 0.2) is 0 Å². The second-order valence-electron chi connectivity index (χ2n) is 5.89. The SMILES string of the molecule is COc1cc(C)n2ccnc2c1CNC(=O)C(C)(C)C. The number of nitrogens with zero attached hydrogens (tertiary/aromatic N) is 2. The molecule has 2 aromatic heterocycles. The summed E-state index contributed by atoms with van der Waals surface area (Å²) in [4.78, 5) is 16.4. The smallest absolute Gasteiger partial charge is 0.225 e. The number of nitrogens with one attached hydrogen (secondary N) is 1. The molecule has 0 saturated heterocycles. The lowest BCUT2D eigenvalue weighted by Gasteiger charge is -2.19. The molecule has 0 radical (unpaired) electrons. The highest BCUT2D eigenvalue weighted by atomic mass is 16.5. The minimum absolute atomic E-state index is 0.00448. The standard InChI is InChI=1S/C15H21N3O2/c1-10-8-12(20-5)11(13-16-6-7-18(10)13)9-17-14(19)15(2,3)4/h6-8H,9H2,1-5H3,(H,17,19). The maximum Gasteiger partial charge on any atom is 0.225 e. The van der Waals surface area contributed by atoms with Crippen molar-refractivity contribution < 1.29 is 9.53 Å². The monoisotopic (exact) mass is 275 g/mol. The van der Waals surface area contributed by atoms with Gasteiger partial charge in [-0.1, -0.05) is 20.8 Å². The van der Waals surface area contributed by atoms with E-state index in [4.69, 9.17) is 4.74 Å². The van der Waals surface area contributed by atoms with Crippen molar-refractivity contribution in [1.29, 1.82) is 0 Å². The average molecular weight is 275 g/mol. The molecule has 2 aromatic rings. The van der Waals surface area contributed by atoms with Crippen LogP contribution in [-0.4, -0.2) is 22.4 Å². The van der Waals surface area contributed by atoms with Gasteiger partial charge >= 0.3 is 0 Å². The highest BCUT2D eigenvalue weighted by Gasteiger charge is 2.22. The molecule has 2 heterocycles. The van der Waals surface area contributed by atoms with E-state index in [9.17, 15) is 4.79 Å². The largest absolute Gasteiger partial charge is 0.496 e. The molecule has 0 atom stereocenters. The first-order chi connectivity index (χ1) is 9.34. The van der Waals surface area contributed by atoms with E-state index in [1.54, 1.807) is 13.3 Å². The van der Waals surface area contributed by atoms with Gasteiger partial charge in [-0.3, -0.25) is 4.79 Å². The Morgan fingerprint density at radius 1 is 1.45 bits per heavy atom. The second kappa shape index (κ2) is 5.15. The van der Waals surface area contributed by atoms with E-state index in [1.165, 1.54) is 0 Å². The summed E-state index contributed by atoms with van der Waals surface area (Å²) >= 11 is 0. The van der Waals surface area contributed by atoms with Crippen molar-refractivity contribution in [2.45, 2.75) is 34.2 Å². The van der Waals surface area contributed by atoms with Crippen LogP contribution in [0.2, 0.25) is 0 Å². The highest BCUT2D eigenvalue weighted by molar-refractivity contribution is 5.81. The number of ether oxygens (including phenoxy) is 1. The van der Waals surface area contributed by atoms with E-state index in [1.807, 2.05) is 44.4 Å². The van der Waals surface area contributed by atoms with Gasteiger partial charge < -0.3 is 14.5 Å². The molecular formula is C15H21N3O2. The Morgan fingerprint density at radius 2 is 2.15 bits per heavy atom. The topological polar surface area (TPSA) is 55.6 Å². The van der Waals surface area contributed by atoms with Crippen LogP contribution >= 0.6 is 0 Å². The molecule has 20 heavy (non-hydrogen) atoms. The van der Waals surface area contributed by atoms with Gasteiger partial charge in [0.1, 0.15) is 11.4 Å². The Balaban J connectivity index is 2.36. The van der Waals surface area contributed by atoms with Gasteiger partial charge in [-0.15, -0.1) is 0 Å². The molecule has 2 rings (SSSR count). The van der Waals surface area contributed by atoms with Gasteiger partial charge in [-0.2, -0.15) is 0 Å².